The minimum atomic E-state index is -0.687. The van der Waals surface area contributed by atoms with Crippen LogP contribution in [0.15, 0.2) is 0 Å². The first kappa shape index (κ1) is 16.2. The molecule has 2 aliphatic heterocycles. The van der Waals surface area contributed by atoms with Crippen molar-refractivity contribution in [2.75, 3.05) is 32.8 Å². The number of urea groups is 1. The molecule has 2 aliphatic rings. The van der Waals surface area contributed by atoms with Crippen LogP contribution in [0.4, 0.5) is 4.79 Å². The number of piperidine rings is 1. The van der Waals surface area contributed by atoms with Crippen molar-refractivity contribution in [1.29, 1.82) is 0 Å². The number of aliphatic hydroxyl groups excluding tert-OH is 1. The van der Waals surface area contributed by atoms with Crippen LogP contribution in [0.25, 0.3) is 0 Å². The zero-order valence-electron chi connectivity index (χ0n) is 12.9. The van der Waals surface area contributed by atoms with E-state index in [1.807, 2.05) is 0 Å². The van der Waals surface area contributed by atoms with Crippen LogP contribution in [0.2, 0.25) is 0 Å². The van der Waals surface area contributed by atoms with Crippen LogP contribution in [0.3, 0.4) is 0 Å². The van der Waals surface area contributed by atoms with Gasteiger partial charge in [0, 0.05) is 26.2 Å². The van der Waals surface area contributed by atoms with Crippen LogP contribution in [0, 0.1) is 0 Å². The van der Waals surface area contributed by atoms with Crippen LogP contribution in [0.5, 0.6) is 0 Å². The number of carbonyl (C=O) groups is 2. The summed E-state index contributed by atoms with van der Waals surface area (Å²) in [6, 6.07) is -0.298. The van der Waals surface area contributed by atoms with Crippen molar-refractivity contribution in [1.82, 2.24) is 15.1 Å². The molecule has 2 saturated heterocycles. The molecule has 3 amide bonds. The van der Waals surface area contributed by atoms with Crippen LogP contribution in [-0.2, 0) is 4.79 Å². The largest absolute Gasteiger partial charge is 0.396 e. The van der Waals surface area contributed by atoms with E-state index in [0.29, 0.717) is 25.8 Å². The molecule has 21 heavy (non-hydrogen) atoms. The molecule has 0 saturated carbocycles. The van der Waals surface area contributed by atoms with Gasteiger partial charge in [0.15, 0.2) is 0 Å². The van der Waals surface area contributed by atoms with Gasteiger partial charge in [-0.05, 0) is 32.2 Å². The maximum Gasteiger partial charge on any atom is 0.325 e. The van der Waals surface area contributed by atoms with Crippen molar-refractivity contribution in [3.63, 3.8) is 0 Å². The summed E-state index contributed by atoms with van der Waals surface area (Å²) < 4.78 is 0. The summed E-state index contributed by atoms with van der Waals surface area (Å²) in [6.45, 7) is 5.31. The van der Waals surface area contributed by atoms with Gasteiger partial charge in [-0.25, -0.2) is 4.79 Å². The number of aliphatic hydroxyl groups is 1. The Morgan fingerprint density at radius 1 is 1.14 bits per heavy atom. The van der Waals surface area contributed by atoms with Gasteiger partial charge in [-0.15, -0.1) is 0 Å². The molecule has 0 aliphatic carbocycles. The van der Waals surface area contributed by atoms with Gasteiger partial charge in [-0.1, -0.05) is 19.8 Å². The molecule has 2 rings (SSSR count). The summed E-state index contributed by atoms with van der Waals surface area (Å²) in [5.74, 6) is -0.103. The molecular formula is C15H27N3O3. The Morgan fingerprint density at radius 2 is 1.86 bits per heavy atom. The molecule has 0 unspecified atom stereocenters. The normalized spacial score (nSPS) is 22.1. The highest BCUT2D eigenvalue weighted by Crippen LogP contribution is 2.29. The van der Waals surface area contributed by atoms with Crippen molar-refractivity contribution < 1.29 is 14.7 Å². The lowest BCUT2D eigenvalue weighted by Gasteiger charge is -2.37. The van der Waals surface area contributed by atoms with E-state index in [-0.39, 0.29) is 18.5 Å². The molecule has 0 radical (unpaired) electrons. The van der Waals surface area contributed by atoms with Crippen molar-refractivity contribution in [3.8, 4) is 0 Å². The van der Waals surface area contributed by atoms with Crippen molar-refractivity contribution in [2.45, 2.75) is 51.0 Å². The summed E-state index contributed by atoms with van der Waals surface area (Å²) in [5.41, 5.74) is -0.687. The number of unbranched alkanes of at least 4 members (excludes halogenated alkanes) is 2. The predicted octanol–water partition coefficient (Wildman–Crippen LogP) is 0.945. The van der Waals surface area contributed by atoms with Gasteiger partial charge in [-0.3, -0.25) is 9.69 Å². The van der Waals surface area contributed by atoms with Gasteiger partial charge in [-0.2, -0.15) is 0 Å². The second-order valence-electron chi connectivity index (χ2n) is 6.09. The SMILES string of the molecule is CCCCCN1CCC2(CC1)NC(=O)N(CCCO)C2=O. The zero-order valence-corrected chi connectivity index (χ0v) is 12.9. The van der Waals surface area contributed by atoms with Crippen LogP contribution < -0.4 is 5.32 Å². The van der Waals surface area contributed by atoms with Crippen LogP contribution >= 0.6 is 0 Å². The molecule has 1 spiro atoms. The van der Waals surface area contributed by atoms with Crippen LogP contribution in [-0.4, -0.2) is 65.2 Å². The Balaban J connectivity index is 1.87. The summed E-state index contributed by atoms with van der Waals surface area (Å²) in [4.78, 5) is 28.1. The molecule has 0 bridgehead atoms. The maximum absolute atomic E-state index is 12.5. The Labute approximate surface area is 126 Å². The average Bonchev–Trinajstić information content (AvgIpc) is 2.71. The van der Waals surface area contributed by atoms with E-state index in [9.17, 15) is 9.59 Å². The molecule has 2 N–H and O–H groups in total. The number of nitrogens with one attached hydrogen (secondary N) is 1. The predicted molar refractivity (Wildman–Crippen MR) is 79.9 cm³/mol. The Bertz CT molecular complexity index is 378. The Morgan fingerprint density at radius 3 is 2.48 bits per heavy atom. The fourth-order valence-electron chi connectivity index (χ4n) is 3.19. The average molecular weight is 297 g/mol. The molecule has 2 heterocycles. The smallest absolute Gasteiger partial charge is 0.325 e. The monoisotopic (exact) mass is 297 g/mol. The Hall–Kier alpha value is -1.14. The van der Waals surface area contributed by atoms with Crippen molar-refractivity contribution in [2.24, 2.45) is 0 Å². The van der Waals surface area contributed by atoms with Gasteiger partial charge in [0.1, 0.15) is 5.54 Å². The third-order valence-corrected chi connectivity index (χ3v) is 4.57. The number of hydrogen-bond acceptors (Lipinski definition) is 4. The number of amides is 3. The third kappa shape index (κ3) is 3.55. The number of carbonyl (C=O) groups excluding carboxylic acids is 2. The molecule has 0 aromatic carbocycles. The summed E-state index contributed by atoms with van der Waals surface area (Å²) in [5, 5.41) is 11.8. The molecule has 120 valence electrons. The first-order valence-electron chi connectivity index (χ1n) is 8.10. The number of imide groups is 1. The van der Waals surface area contributed by atoms with E-state index in [1.165, 1.54) is 24.2 Å². The molecule has 2 fully saturated rings. The van der Waals surface area contributed by atoms with Gasteiger partial charge >= 0.3 is 6.03 Å². The molecule has 0 aromatic rings. The minimum Gasteiger partial charge on any atom is -0.396 e. The van der Waals surface area contributed by atoms with E-state index in [0.717, 1.165) is 19.6 Å². The number of likely N-dealkylation sites (tertiary alicyclic amines) is 1. The quantitative estimate of drug-likeness (QED) is 0.542. The summed E-state index contributed by atoms with van der Waals surface area (Å²) in [6.07, 6.45) is 5.49. The lowest BCUT2D eigenvalue weighted by molar-refractivity contribution is -0.133. The summed E-state index contributed by atoms with van der Waals surface area (Å²) >= 11 is 0. The second kappa shape index (κ2) is 7.22. The second-order valence-corrected chi connectivity index (χ2v) is 6.09. The fourth-order valence-corrected chi connectivity index (χ4v) is 3.19. The van der Waals surface area contributed by atoms with Crippen molar-refractivity contribution in [3.05, 3.63) is 0 Å². The first-order chi connectivity index (χ1) is 10.1. The van der Waals surface area contributed by atoms with E-state index < -0.39 is 5.54 Å². The lowest BCUT2D eigenvalue weighted by Crippen LogP contribution is -2.55. The molecule has 6 heteroatoms. The van der Waals surface area contributed by atoms with Gasteiger partial charge in [0.2, 0.25) is 0 Å². The standard InChI is InChI=1S/C15H27N3O3/c1-2-3-4-8-17-10-6-15(7-11-17)13(20)18(9-5-12-19)14(21)16-15/h19H,2-12H2,1H3,(H,16,21). The van der Waals surface area contributed by atoms with Crippen molar-refractivity contribution >= 4 is 11.9 Å². The molecule has 6 nitrogen and oxygen atoms in total. The number of nitrogens with zero attached hydrogens (tertiary/aromatic N) is 2. The van der Waals surface area contributed by atoms with E-state index in [4.69, 9.17) is 5.11 Å². The topological polar surface area (TPSA) is 72.9 Å². The lowest BCUT2D eigenvalue weighted by atomic mass is 9.87. The number of rotatable bonds is 7. The van der Waals surface area contributed by atoms with Gasteiger partial charge in [0.25, 0.3) is 5.91 Å². The van der Waals surface area contributed by atoms with E-state index >= 15 is 0 Å². The highest BCUT2D eigenvalue weighted by Gasteiger charge is 2.51. The highest BCUT2D eigenvalue weighted by molar-refractivity contribution is 6.07. The van der Waals surface area contributed by atoms with E-state index in [1.54, 1.807) is 0 Å². The molecule has 0 aromatic heterocycles. The Kier molecular flexibility index (Phi) is 5.58. The summed E-state index contributed by atoms with van der Waals surface area (Å²) in [7, 11) is 0. The maximum atomic E-state index is 12.5. The minimum absolute atomic E-state index is 0.00470. The third-order valence-electron chi connectivity index (χ3n) is 4.57. The van der Waals surface area contributed by atoms with Gasteiger partial charge < -0.3 is 15.3 Å². The van der Waals surface area contributed by atoms with Crippen LogP contribution in [0.1, 0.15) is 45.4 Å². The van der Waals surface area contributed by atoms with E-state index in [2.05, 4.69) is 17.1 Å². The highest BCUT2D eigenvalue weighted by atomic mass is 16.3. The molecular weight excluding hydrogens is 270 g/mol. The first-order valence-corrected chi connectivity index (χ1v) is 8.10. The molecule has 0 atom stereocenters. The number of hydrogen-bond donors (Lipinski definition) is 2. The zero-order chi connectivity index (χ0) is 15.3. The van der Waals surface area contributed by atoms with Gasteiger partial charge in [0.05, 0.1) is 0 Å². The fraction of sp³-hybridized carbons (Fsp3) is 0.867.